The van der Waals surface area contributed by atoms with Gasteiger partial charge in [0.05, 0.1) is 0 Å². The molecule has 0 atom stereocenters. The summed E-state index contributed by atoms with van der Waals surface area (Å²) in [6.45, 7) is 6.61. The van der Waals surface area contributed by atoms with Crippen molar-refractivity contribution in [2.75, 3.05) is 0 Å². The maximum Gasteiger partial charge on any atom is 0.210 e. The minimum atomic E-state index is 0.862. The van der Waals surface area contributed by atoms with Gasteiger partial charge in [0, 0.05) is 22.8 Å². The van der Waals surface area contributed by atoms with Gasteiger partial charge in [-0.25, -0.2) is 4.70 Å². The van der Waals surface area contributed by atoms with Crippen LogP contribution in [0.25, 0.3) is 16.9 Å². The number of aryl methyl sites for hydroxylation is 2. The Morgan fingerprint density at radius 1 is 0.667 bits per heavy atom. The highest BCUT2D eigenvalue weighted by atomic mass is 15.2. The lowest BCUT2D eigenvalue weighted by Gasteiger charge is -2.11. The van der Waals surface area contributed by atoms with Crippen LogP contribution in [0.15, 0.2) is 60.2 Å². The molecule has 1 aliphatic rings. The molecular formula is C31H42N2. The first-order valence-electron chi connectivity index (χ1n) is 13.2. The average molecular weight is 443 g/mol. The van der Waals surface area contributed by atoms with E-state index in [1.165, 1.54) is 80.0 Å². The molecule has 0 spiro atoms. The zero-order valence-corrected chi connectivity index (χ0v) is 21.1. The van der Waals surface area contributed by atoms with E-state index < -0.39 is 0 Å². The third-order valence-electron chi connectivity index (χ3n) is 6.75. The van der Waals surface area contributed by atoms with Crippen molar-refractivity contribution < 1.29 is 4.70 Å². The Balaban J connectivity index is 1.60. The molecule has 2 nitrogen and oxygen atoms in total. The Bertz CT molecular complexity index is 963. The fraction of sp³-hybridized carbons (Fsp3) is 0.484. The van der Waals surface area contributed by atoms with Crippen LogP contribution in [0, 0.1) is 0 Å². The summed E-state index contributed by atoms with van der Waals surface area (Å²) in [7, 11) is 0. The van der Waals surface area contributed by atoms with Crippen molar-refractivity contribution in [2.24, 2.45) is 0 Å². The molecule has 2 aromatic carbocycles. The van der Waals surface area contributed by atoms with E-state index in [4.69, 9.17) is 0 Å². The van der Waals surface area contributed by atoms with Crippen LogP contribution in [-0.2, 0) is 12.8 Å². The van der Waals surface area contributed by atoms with Crippen LogP contribution in [0.4, 0.5) is 0 Å². The molecule has 1 aliphatic heterocycles. The minimum absolute atomic E-state index is 0.862. The van der Waals surface area contributed by atoms with Crippen LogP contribution >= 0.6 is 0 Å². The third kappa shape index (κ3) is 7.25. The second-order valence-corrected chi connectivity index (χ2v) is 9.60. The summed E-state index contributed by atoms with van der Waals surface area (Å²) in [5.74, 6) is 0. The van der Waals surface area contributed by atoms with Gasteiger partial charge in [0.25, 0.3) is 0 Å². The van der Waals surface area contributed by atoms with E-state index in [1.54, 1.807) is 0 Å². The third-order valence-corrected chi connectivity index (χ3v) is 6.75. The maximum absolute atomic E-state index is 11.1. The molecule has 2 aromatic rings. The van der Waals surface area contributed by atoms with Gasteiger partial charge >= 0.3 is 0 Å². The normalized spacial score (nSPS) is 13.7. The maximum atomic E-state index is 11.1. The van der Waals surface area contributed by atoms with Gasteiger partial charge in [-0.2, -0.15) is 0 Å². The number of rotatable bonds is 14. The van der Waals surface area contributed by atoms with Gasteiger partial charge in [-0.05, 0) is 68.0 Å². The summed E-state index contributed by atoms with van der Waals surface area (Å²) in [6, 6.07) is 17.4. The molecule has 3 rings (SSSR count). The Morgan fingerprint density at radius 2 is 1.27 bits per heavy atom. The molecule has 2 heteroatoms. The smallest absolute Gasteiger partial charge is 0.210 e. The highest BCUT2D eigenvalue weighted by molar-refractivity contribution is 5.78. The van der Waals surface area contributed by atoms with Crippen molar-refractivity contribution in [1.29, 1.82) is 0 Å². The first-order valence-corrected chi connectivity index (χ1v) is 13.2. The minimum Gasteiger partial charge on any atom is -0.493 e. The van der Waals surface area contributed by atoms with E-state index in [0.29, 0.717) is 0 Å². The van der Waals surface area contributed by atoms with Crippen molar-refractivity contribution >= 4 is 11.4 Å². The fourth-order valence-electron chi connectivity index (χ4n) is 4.76. The Hall–Kier alpha value is -2.48. The number of benzene rings is 2. The number of allylic oxidation sites excluding steroid dienone is 2. The summed E-state index contributed by atoms with van der Waals surface area (Å²) < 4.78 is 1.38. The molecule has 0 N–H and O–H groups in total. The lowest BCUT2D eigenvalue weighted by atomic mass is 10.0. The summed E-state index contributed by atoms with van der Waals surface area (Å²) >= 11 is 0. The average Bonchev–Trinajstić information content (AvgIpc) is 3.13. The highest BCUT2D eigenvalue weighted by Gasteiger charge is 2.26. The molecule has 0 radical (unpaired) electrons. The largest absolute Gasteiger partial charge is 0.493 e. The van der Waals surface area contributed by atoms with Crippen LogP contribution in [0.2, 0.25) is 0 Å². The van der Waals surface area contributed by atoms with Gasteiger partial charge in [-0.3, -0.25) is 0 Å². The van der Waals surface area contributed by atoms with Crippen molar-refractivity contribution in [1.82, 2.24) is 0 Å². The van der Waals surface area contributed by atoms with E-state index in [2.05, 4.69) is 75.4 Å². The van der Waals surface area contributed by atoms with Crippen LogP contribution in [0.5, 0.6) is 0 Å². The Kier molecular flexibility index (Phi) is 10.1. The van der Waals surface area contributed by atoms with Gasteiger partial charge < -0.3 is 5.53 Å². The van der Waals surface area contributed by atoms with Gasteiger partial charge in [-0.15, -0.1) is 0 Å². The Morgan fingerprint density at radius 3 is 1.97 bits per heavy atom. The quantitative estimate of drug-likeness (QED) is 0.205. The van der Waals surface area contributed by atoms with Crippen molar-refractivity contribution in [3.05, 3.63) is 88.0 Å². The Labute approximate surface area is 201 Å². The van der Waals surface area contributed by atoms with Gasteiger partial charge in [0.2, 0.25) is 11.4 Å². The molecule has 33 heavy (non-hydrogen) atoms. The zero-order valence-electron chi connectivity index (χ0n) is 21.1. The predicted molar refractivity (Wildman–Crippen MR) is 142 cm³/mol. The summed E-state index contributed by atoms with van der Waals surface area (Å²) in [5, 5.41) is 0. The number of hydrogen-bond acceptors (Lipinski definition) is 0. The van der Waals surface area contributed by atoms with Crippen molar-refractivity contribution in [3.8, 4) is 0 Å². The molecule has 176 valence electrons. The summed E-state index contributed by atoms with van der Waals surface area (Å²) in [6.07, 6.45) is 17.4. The number of hydrogen-bond donors (Lipinski definition) is 0. The van der Waals surface area contributed by atoms with Gasteiger partial charge in [0.1, 0.15) is 0 Å². The molecule has 0 unspecified atom stereocenters. The SMILES string of the molecule is CCCCCCCCc1cccc(C2=C(C)C=C(c3ccc(CCCCCC)cc3)[N+]2=[N-])c1. The van der Waals surface area contributed by atoms with Crippen LogP contribution in [-0.4, -0.2) is 4.70 Å². The monoisotopic (exact) mass is 442 g/mol. The summed E-state index contributed by atoms with van der Waals surface area (Å²) in [5.41, 5.74) is 18.9. The van der Waals surface area contributed by atoms with Crippen LogP contribution in [0.1, 0.15) is 107 Å². The highest BCUT2D eigenvalue weighted by Crippen LogP contribution is 2.35. The topological polar surface area (TPSA) is 25.3 Å². The van der Waals surface area contributed by atoms with Crippen LogP contribution in [0.3, 0.4) is 0 Å². The molecule has 0 amide bonds. The molecule has 0 saturated heterocycles. The number of unbranched alkanes of at least 4 members (excludes halogenated alkanes) is 8. The lowest BCUT2D eigenvalue weighted by Crippen LogP contribution is -2.02. The molecular weight excluding hydrogens is 400 g/mol. The fourth-order valence-corrected chi connectivity index (χ4v) is 4.76. The molecule has 0 saturated carbocycles. The molecule has 0 aliphatic carbocycles. The summed E-state index contributed by atoms with van der Waals surface area (Å²) in [4.78, 5) is 0. The predicted octanol–water partition coefficient (Wildman–Crippen LogP) is 9.53. The van der Waals surface area contributed by atoms with E-state index in [9.17, 15) is 5.53 Å². The van der Waals surface area contributed by atoms with E-state index >= 15 is 0 Å². The first-order chi connectivity index (χ1) is 16.1. The van der Waals surface area contributed by atoms with E-state index in [0.717, 1.165) is 40.9 Å². The first kappa shape index (κ1) is 25.1. The second-order valence-electron chi connectivity index (χ2n) is 9.60. The van der Waals surface area contributed by atoms with Gasteiger partial charge in [0.15, 0.2) is 0 Å². The molecule has 0 fully saturated rings. The molecule has 1 heterocycles. The number of nitrogens with zero attached hydrogens (tertiary/aromatic N) is 2. The molecule has 0 aromatic heterocycles. The molecule has 0 bridgehead atoms. The zero-order chi connectivity index (χ0) is 23.5. The van der Waals surface area contributed by atoms with Gasteiger partial charge in [-0.1, -0.05) is 89.5 Å². The lowest BCUT2D eigenvalue weighted by molar-refractivity contribution is -0.344. The van der Waals surface area contributed by atoms with Crippen LogP contribution < -0.4 is 0 Å². The van der Waals surface area contributed by atoms with Crippen molar-refractivity contribution in [3.63, 3.8) is 0 Å². The van der Waals surface area contributed by atoms with E-state index in [1.807, 2.05) is 0 Å². The standard InChI is InChI=1S/C31H42N2/c1-4-6-8-10-11-13-16-27-17-14-18-29(24-27)31-25(3)23-30(33(31)32)28-21-19-26(20-22-28)15-12-9-7-5-2/h14,17-24H,4-13,15-16H2,1-3H3. The van der Waals surface area contributed by atoms with E-state index in [-0.39, 0.29) is 0 Å². The second kappa shape index (κ2) is 13.3. The van der Waals surface area contributed by atoms with Crippen molar-refractivity contribution in [2.45, 2.75) is 97.8 Å².